The van der Waals surface area contributed by atoms with Gasteiger partial charge in [0.05, 0.1) is 17.2 Å². The predicted molar refractivity (Wildman–Crippen MR) is 89.5 cm³/mol. The number of rotatable bonds is 4. The summed E-state index contributed by atoms with van der Waals surface area (Å²) in [6, 6.07) is 7.55. The minimum absolute atomic E-state index is 0.118. The highest BCUT2D eigenvalue weighted by molar-refractivity contribution is 5.91. The van der Waals surface area contributed by atoms with Crippen LogP contribution in [0.25, 0.3) is 11.0 Å². The molecule has 0 spiro atoms. The fourth-order valence-electron chi connectivity index (χ4n) is 3.09. The Labute approximate surface area is 140 Å². The van der Waals surface area contributed by atoms with E-state index in [9.17, 15) is 9.59 Å². The first kappa shape index (κ1) is 16.4. The summed E-state index contributed by atoms with van der Waals surface area (Å²) in [6.45, 7) is 2.57. The number of carbonyl (C=O) groups is 2. The number of esters is 1. The summed E-state index contributed by atoms with van der Waals surface area (Å²) < 4.78 is 5.15. The van der Waals surface area contributed by atoms with Gasteiger partial charge in [0, 0.05) is 12.6 Å². The first-order valence-electron chi connectivity index (χ1n) is 8.37. The Morgan fingerprint density at radius 3 is 2.83 bits per heavy atom. The number of nitrogens with zero attached hydrogens (tertiary/aromatic N) is 3. The lowest BCUT2D eigenvalue weighted by atomic mass is 10.00. The molecule has 0 radical (unpaired) electrons. The van der Waals surface area contributed by atoms with E-state index >= 15 is 0 Å². The first-order valence-corrected chi connectivity index (χ1v) is 8.37. The largest absolute Gasteiger partial charge is 0.451 e. The molecule has 0 unspecified atom stereocenters. The van der Waals surface area contributed by atoms with E-state index in [1.165, 1.54) is 6.20 Å². The van der Waals surface area contributed by atoms with Crippen LogP contribution in [-0.2, 0) is 9.53 Å². The van der Waals surface area contributed by atoms with Crippen molar-refractivity contribution in [2.24, 2.45) is 0 Å². The number of para-hydroxylation sites is 2. The molecule has 1 atom stereocenters. The van der Waals surface area contributed by atoms with Crippen LogP contribution in [0, 0.1) is 0 Å². The van der Waals surface area contributed by atoms with E-state index in [0.29, 0.717) is 11.0 Å². The summed E-state index contributed by atoms with van der Waals surface area (Å²) in [6.07, 6.45) is 5.48. The molecule has 3 rings (SSSR count). The van der Waals surface area contributed by atoms with Crippen molar-refractivity contribution in [1.29, 1.82) is 0 Å². The molecule has 2 aromatic rings. The molecule has 1 aliphatic rings. The number of amides is 1. The van der Waals surface area contributed by atoms with Crippen LogP contribution >= 0.6 is 0 Å². The highest BCUT2D eigenvalue weighted by Gasteiger charge is 2.26. The third kappa shape index (κ3) is 3.53. The van der Waals surface area contributed by atoms with E-state index in [0.717, 1.165) is 32.2 Å². The predicted octanol–water partition coefficient (Wildman–Crippen LogP) is 2.58. The molecule has 1 saturated heterocycles. The Bertz CT molecular complexity index is 747. The van der Waals surface area contributed by atoms with E-state index in [1.807, 2.05) is 23.1 Å². The van der Waals surface area contributed by atoms with Crippen molar-refractivity contribution in [3.05, 3.63) is 36.2 Å². The zero-order valence-corrected chi connectivity index (χ0v) is 13.8. The molecule has 0 saturated carbocycles. The Morgan fingerprint density at radius 2 is 2.04 bits per heavy atom. The Balaban J connectivity index is 1.62. The fraction of sp³-hybridized carbons (Fsp3) is 0.444. The van der Waals surface area contributed by atoms with Crippen LogP contribution in [0.4, 0.5) is 0 Å². The maximum Gasteiger partial charge on any atom is 0.359 e. The summed E-state index contributed by atoms with van der Waals surface area (Å²) >= 11 is 0. The van der Waals surface area contributed by atoms with Gasteiger partial charge in [-0.25, -0.2) is 9.78 Å². The van der Waals surface area contributed by atoms with Gasteiger partial charge in [-0.1, -0.05) is 19.1 Å². The summed E-state index contributed by atoms with van der Waals surface area (Å²) in [4.78, 5) is 34.7. The van der Waals surface area contributed by atoms with E-state index in [2.05, 4.69) is 16.9 Å². The number of aromatic nitrogens is 2. The van der Waals surface area contributed by atoms with Crippen LogP contribution < -0.4 is 0 Å². The number of benzene rings is 1. The first-order chi connectivity index (χ1) is 11.7. The standard InChI is InChI=1S/C18H21N3O3/c1-2-13-7-5-6-10-21(13)17(22)12-24-18(23)16-11-19-14-8-3-4-9-15(14)20-16/h3-4,8-9,11,13H,2,5-7,10,12H2,1H3/t13-/m0/s1. The Kier molecular flexibility index (Phi) is 5.03. The second-order valence-corrected chi connectivity index (χ2v) is 5.97. The van der Waals surface area contributed by atoms with Gasteiger partial charge >= 0.3 is 5.97 Å². The summed E-state index contributed by atoms with van der Waals surface area (Å²) in [5.41, 5.74) is 1.46. The lowest BCUT2D eigenvalue weighted by Crippen LogP contribution is -2.45. The van der Waals surface area contributed by atoms with Gasteiger partial charge in [-0.3, -0.25) is 9.78 Å². The highest BCUT2D eigenvalue weighted by Crippen LogP contribution is 2.19. The molecule has 24 heavy (non-hydrogen) atoms. The SMILES string of the molecule is CC[C@H]1CCCCN1C(=O)COC(=O)c1cnc2ccccc2n1. The fourth-order valence-corrected chi connectivity index (χ4v) is 3.09. The molecule has 0 aliphatic carbocycles. The van der Waals surface area contributed by atoms with Crippen molar-refractivity contribution in [2.75, 3.05) is 13.2 Å². The van der Waals surface area contributed by atoms with E-state index < -0.39 is 5.97 Å². The minimum atomic E-state index is -0.619. The molecule has 1 aliphatic heterocycles. The van der Waals surface area contributed by atoms with E-state index in [-0.39, 0.29) is 24.2 Å². The zero-order valence-electron chi connectivity index (χ0n) is 13.8. The highest BCUT2D eigenvalue weighted by atomic mass is 16.5. The maximum atomic E-state index is 12.3. The molecule has 1 amide bonds. The van der Waals surface area contributed by atoms with Gasteiger partial charge in [-0.15, -0.1) is 0 Å². The van der Waals surface area contributed by atoms with Crippen LogP contribution in [-0.4, -0.2) is 45.9 Å². The number of ether oxygens (including phenoxy) is 1. The van der Waals surface area contributed by atoms with Crippen molar-refractivity contribution in [2.45, 2.75) is 38.6 Å². The molecule has 6 nitrogen and oxygen atoms in total. The van der Waals surface area contributed by atoms with Crippen molar-refractivity contribution < 1.29 is 14.3 Å². The quantitative estimate of drug-likeness (QED) is 0.807. The molecule has 2 heterocycles. The number of carbonyl (C=O) groups excluding carboxylic acids is 2. The topological polar surface area (TPSA) is 72.4 Å². The van der Waals surface area contributed by atoms with Gasteiger partial charge < -0.3 is 9.64 Å². The second-order valence-electron chi connectivity index (χ2n) is 5.97. The number of fused-ring (bicyclic) bond motifs is 1. The molecular weight excluding hydrogens is 306 g/mol. The van der Waals surface area contributed by atoms with Crippen LogP contribution in [0.1, 0.15) is 43.1 Å². The van der Waals surface area contributed by atoms with Gasteiger partial charge in [-0.2, -0.15) is 0 Å². The van der Waals surface area contributed by atoms with Crippen molar-refractivity contribution >= 4 is 22.9 Å². The smallest absolute Gasteiger partial charge is 0.359 e. The third-order valence-corrected chi connectivity index (χ3v) is 4.40. The monoisotopic (exact) mass is 327 g/mol. The second kappa shape index (κ2) is 7.38. The molecule has 1 aromatic carbocycles. The summed E-state index contributed by atoms with van der Waals surface area (Å²) in [5.74, 6) is -0.754. The molecule has 0 N–H and O–H groups in total. The van der Waals surface area contributed by atoms with E-state index in [4.69, 9.17) is 4.74 Å². The Morgan fingerprint density at radius 1 is 1.25 bits per heavy atom. The van der Waals surface area contributed by atoms with Gasteiger partial charge in [0.25, 0.3) is 5.91 Å². The third-order valence-electron chi connectivity index (χ3n) is 4.40. The van der Waals surface area contributed by atoms with Crippen molar-refractivity contribution in [1.82, 2.24) is 14.9 Å². The number of piperidine rings is 1. The summed E-state index contributed by atoms with van der Waals surface area (Å²) in [5, 5.41) is 0. The normalized spacial score (nSPS) is 17.7. The van der Waals surface area contributed by atoms with Gasteiger partial charge in [0.15, 0.2) is 12.3 Å². The van der Waals surface area contributed by atoms with Gasteiger partial charge in [0.1, 0.15) is 0 Å². The van der Waals surface area contributed by atoms with Gasteiger partial charge in [-0.05, 0) is 37.8 Å². The van der Waals surface area contributed by atoms with Gasteiger partial charge in [0.2, 0.25) is 0 Å². The maximum absolute atomic E-state index is 12.3. The lowest BCUT2D eigenvalue weighted by molar-refractivity contribution is -0.138. The van der Waals surface area contributed by atoms with Crippen LogP contribution in [0.15, 0.2) is 30.5 Å². The van der Waals surface area contributed by atoms with Crippen LogP contribution in [0.3, 0.4) is 0 Å². The van der Waals surface area contributed by atoms with Crippen molar-refractivity contribution in [3.8, 4) is 0 Å². The molecule has 1 fully saturated rings. The van der Waals surface area contributed by atoms with Crippen molar-refractivity contribution in [3.63, 3.8) is 0 Å². The zero-order chi connectivity index (χ0) is 16.9. The number of hydrogen-bond donors (Lipinski definition) is 0. The molecule has 0 bridgehead atoms. The molecule has 126 valence electrons. The average Bonchev–Trinajstić information content (AvgIpc) is 2.65. The average molecular weight is 327 g/mol. The summed E-state index contributed by atoms with van der Waals surface area (Å²) in [7, 11) is 0. The number of likely N-dealkylation sites (tertiary alicyclic amines) is 1. The van der Waals surface area contributed by atoms with Crippen LogP contribution in [0.5, 0.6) is 0 Å². The Hall–Kier alpha value is -2.50. The minimum Gasteiger partial charge on any atom is -0.451 e. The molecule has 6 heteroatoms. The molecular formula is C18H21N3O3. The van der Waals surface area contributed by atoms with Crippen LogP contribution in [0.2, 0.25) is 0 Å². The lowest BCUT2D eigenvalue weighted by Gasteiger charge is -2.35. The molecule has 1 aromatic heterocycles. The number of hydrogen-bond acceptors (Lipinski definition) is 5. The van der Waals surface area contributed by atoms with E-state index in [1.54, 1.807) is 6.07 Å².